The number of nitrogens with two attached hydrogens (primary N) is 1. The maximum Gasteiger partial charge on any atom is 0.142 e. The number of ether oxygens (including phenoxy) is 1. The van der Waals surface area contributed by atoms with E-state index in [-0.39, 0.29) is 0 Å². The Morgan fingerprint density at radius 2 is 1.90 bits per heavy atom. The van der Waals surface area contributed by atoms with Crippen molar-refractivity contribution in [1.82, 2.24) is 4.90 Å². The first kappa shape index (κ1) is 15.2. The molecule has 3 nitrogen and oxygen atoms in total. The summed E-state index contributed by atoms with van der Waals surface area (Å²) in [6.45, 7) is 6.50. The molecule has 0 aromatic heterocycles. The standard InChI is InChI=1S/C17H28N2O/c1-2-13-20-17-8-7-15(14-16(17)18)9-12-19-10-5-3-4-6-11-19/h7-8,14H,2-6,9-13,18H2,1H3. The van der Waals surface area contributed by atoms with Crippen molar-refractivity contribution >= 4 is 5.69 Å². The van der Waals surface area contributed by atoms with Gasteiger partial charge >= 0.3 is 0 Å². The fourth-order valence-corrected chi connectivity index (χ4v) is 2.74. The third-order valence-electron chi connectivity index (χ3n) is 3.95. The minimum absolute atomic E-state index is 0.733. The number of benzene rings is 1. The van der Waals surface area contributed by atoms with E-state index in [9.17, 15) is 0 Å². The Labute approximate surface area is 123 Å². The SMILES string of the molecule is CCCOc1ccc(CCN2CCCCCC2)cc1N. The molecule has 0 spiro atoms. The van der Waals surface area contributed by atoms with E-state index in [2.05, 4.69) is 24.0 Å². The van der Waals surface area contributed by atoms with Crippen molar-refractivity contribution in [3.8, 4) is 5.75 Å². The van der Waals surface area contributed by atoms with Crippen LogP contribution in [-0.4, -0.2) is 31.1 Å². The van der Waals surface area contributed by atoms with E-state index in [4.69, 9.17) is 10.5 Å². The van der Waals surface area contributed by atoms with Crippen molar-refractivity contribution in [2.45, 2.75) is 45.4 Å². The molecule has 2 N–H and O–H groups in total. The molecule has 0 atom stereocenters. The summed E-state index contributed by atoms with van der Waals surface area (Å²) in [7, 11) is 0. The van der Waals surface area contributed by atoms with Crippen LogP contribution in [0, 0.1) is 0 Å². The Morgan fingerprint density at radius 3 is 2.55 bits per heavy atom. The highest BCUT2D eigenvalue weighted by molar-refractivity contribution is 5.54. The molecule has 3 heteroatoms. The van der Waals surface area contributed by atoms with Gasteiger partial charge in [0.15, 0.2) is 0 Å². The average Bonchev–Trinajstić information content (AvgIpc) is 2.73. The first-order valence-electron chi connectivity index (χ1n) is 8.03. The van der Waals surface area contributed by atoms with Crippen LogP contribution < -0.4 is 10.5 Å². The van der Waals surface area contributed by atoms with Gasteiger partial charge in [0.1, 0.15) is 5.75 Å². The van der Waals surface area contributed by atoms with E-state index < -0.39 is 0 Å². The Bertz CT molecular complexity index is 398. The monoisotopic (exact) mass is 276 g/mol. The van der Waals surface area contributed by atoms with Gasteiger partial charge in [0.2, 0.25) is 0 Å². The second-order valence-electron chi connectivity index (χ2n) is 5.73. The molecule has 0 aliphatic carbocycles. The fourth-order valence-electron chi connectivity index (χ4n) is 2.74. The largest absolute Gasteiger partial charge is 0.491 e. The molecule has 0 radical (unpaired) electrons. The van der Waals surface area contributed by atoms with E-state index in [1.165, 1.54) is 44.3 Å². The number of hydrogen-bond donors (Lipinski definition) is 1. The van der Waals surface area contributed by atoms with Crippen molar-refractivity contribution in [3.05, 3.63) is 23.8 Å². The first-order chi connectivity index (χ1) is 9.79. The van der Waals surface area contributed by atoms with Gasteiger partial charge in [-0.1, -0.05) is 25.8 Å². The molecule has 112 valence electrons. The van der Waals surface area contributed by atoms with Gasteiger partial charge < -0.3 is 15.4 Å². The molecule has 0 amide bonds. The van der Waals surface area contributed by atoms with E-state index in [1.54, 1.807) is 0 Å². The highest BCUT2D eigenvalue weighted by Gasteiger charge is 2.09. The minimum Gasteiger partial charge on any atom is -0.491 e. The van der Waals surface area contributed by atoms with E-state index in [0.717, 1.165) is 37.4 Å². The highest BCUT2D eigenvalue weighted by atomic mass is 16.5. The van der Waals surface area contributed by atoms with Gasteiger partial charge in [-0.25, -0.2) is 0 Å². The number of nitrogen functional groups attached to an aromatic ring is 1. The van der Waals surface area contributed by atoms with Crippen LogP contribution in [0.25, 0.3) is 0 Å². The van der Waals surface area contributed by atoms with Crippen LogP contribution in [0.15, 0.2) is 18.2 Å². The molecule has 0 bridgehead atoms. The molecular formula is C17H28N2O. The van der Waals surface area contributed by atoms with E-state index in [1.807, 2.05) is 6.07 Å². The van der Waals surface area contributed by atoms with Crippen LogP contribution in [0.4, 0.5) is 5.69 Å². The van der Waals surface area contributed by atoms with Crippen molar-refractivity contribution in [2.24, 2.45) is 0 Å². The third-order valence-corrected chi connectivity index (χ3v) is 3.95. The lowest BCUT2D eigenvalue weighted by atomic mass is 10.1. The zero-order valence-electron chi connectivity index (χ0n) is 12.7. The first-order valence-corrected chi connectivity index (χ1v) is 8.03. The van der Waals surface area contributed by atoms with Crippen LogP contribution in [0.2, 0.25) is 0 Å². The van der Waals surface area contributed by atoms with Crippen LogP contribution in [-0.2, 0) is 6.42 Å². The molecule has 2 rings (SSSR count). The summed E-state index contributed by atoms with van der Waals surface area (Å²) in [6.07, 6.45) is 7.59. The number of likely N-dealkylation sites (tertiary alicyclic amines) is 1. The van der Waals surface area contributed by atoms with Gasteiger partial charge in [0.25, 0.3) is 0 Å². The van der Waals surface area contributed by atoms with Gasteiger partial charge in [-0.3, -0.25) is 0 Å². The summed E-state index contributed by atoms with van der Waals surface area (Å²) in [6, 6.07) is 6.24. The lowest BCUT2D eigenvalue weighted by Gasteiger charge is -2.19. The summed E-state index contributed by atoms with van der Waals surface area (Å²) >= 11 is 0. The lowest BCUT2D eigenvalue weighted by Crippen LogP contribution is -2.26. The maximum absolute atomic E-state index is 6.06. The van der Waals surface area contributed by atoms with Crippen LogP contribution in [0.5, 0.6) is 5.75 Å². The van der Waals surface area contributed by atoms with Gasteiger partial charge in [0, 0.05) is 6.54 Å². The minimum atomic E-state index is 0.733. The van der Waals surface area contributed by atoms with Crippen molar-refractivity contribution < 1.29 is 4.74 Å². The van der Waals surface area contributed by atoms with E-state index in [0.29, 0.717) is 0 Å². The molecule has 1 aromatic carbocycles. The van der Waals surface area contributed by atoms with Crippen LogP contribution in [0.1, 0.15) is 44.6 Å². The zero-order valence-corrected chi connectivity index (χ0v) is 12.7. The average molecular weight is 276 g/mol. The van der Waals surface area contributed by atoms with Crippen LogP contribution >= 0.6 is 0 Å². The topological polar surface area (TPSA) is 38.5 Å². The second kappa shape index (κ2) is 8.15. The Morgan fingerprint density at radius 1 is 1.15 bits per heavy atom. The quantitative estimate of drug-likeness (QED) is 0.808. The highest BCUT2D eigenvalue weighted by Crippen LogP contribution is 2.23. The molecule has 1 heterocycles. The molecule has 1 aliphatic heterocycles. The summed E-state index contributed by atoms with van der Waals surface area (Å²) in [4.78, 5) is 2.59. The third kappa shape index (κ3) is 4.71. The number of anilines is 1. The van der Waals surface area contributed by atoms with Crippen molar-refractivity contribution in [3.63, 3.8) is 0 Å². The Kier molecular flexibility index (Phi) is 6.19. The van der Waals surface area contributed by atoms with Crippen LogP contribution in [0.3, 0.4) is 0 Å². The molecule has 1 aliphatic rings. The normalized spacial score (nSPS) is 16.9. The molecule has 20 heavy (non-hydrogen) atoms. The Hall–Kier alpha value is -1.22. The van der Waals surface area contributed by atoms with Gasteiger partial charge in [-0.2, -0.15) is 0 Å². The molecular weight excluding hydrogens is 248 g/mol. The molecule has 0 unspecified atom stereocenters. The van der Waals surface area contributed by atoms with Crippen molar-refractivity contribution in [1.29, 1.82) is 0 Å². The number of nitrogens with zero attached hydrogens (tertiary/aromatic N) is 1. The summed E-state index contributed by atoms with van der Waals surface area (Å²) < 4.78 is 5.62. The maximum atomic E-state index is 6.06. The van der Waals surface area contributed by atoms with Crippen molar-refractivity contribution in [2.75, 3.05) is 32.0 Å². The summed E-state index contributed by atoms with van der Waals surface area (Å²) in [5, 5.41) is 0. The Balaban J connectivity index is 1.84. The van der Waals surface area contributed by atoms with Gasteiger partial charge in [0.05, 0.1) is 12.3 Å². The predicted octanol–water partition coefficient (Wildman–Crippen LogP) is 3.48. The lowest BCUT2D eigenvalue weighted by molar-refractivity contribution is 0.288. The second-order valence-corrected chi connectivity index (χ2v) is 5.73. The fraction of sp³-hybridized carbons (Fsp3) is 0.647. The smallest absolute Gasteiger partial charge is 0.142 e. The summed E-state index contributed by atoms with van der Waals surface area (Å²) in [5.74, 6) is 0.824. The van der Waals surface area contributed by atoms with Gasteiger partial charge in [-0.15, -0.1) is 0 Å². The zero-order chi connectivity index (χ0) is 14.2. The molecule has 1 saturated heterocycles. The molecule has 1 aromatic rings. The molecule has 0 saturated carbocycles. The van der Waals surface area contributed by atoms with Gasteiger partial charge in [-0.05, 0) is 56.5 Å². The number of hydrogen-bond acceptors (Lipinski definition) is 3. The number of rotatable bonds is 6. The molecule has 1 fully saturated rings. The predicted molar refractivity (Wildman–Crippen MR) is 85.3 cm³/mol. The summed E-state index contributed by atoms with van der Waals surface area (Å²) in [5.41, 5.74) is 8.14. The van der Waals surface area contributed by atoms with E-state index >= 15 is 0 Å².